The van der Waals surface area contributed by atoms with Crippen molar-refractivity contribution in [2.24, 2.45) is 4.99 Å². The van der Waals surface area contributed by atoms with Crippen molar-refractivity contribution in [2.45, 2.75) is 13.1 Å². The molecule has 1 aliphatic heterocycles. The predicted molar refractivity (Wildman–Crippen MR) is 107 cm³/mol. The lowest BCUT2D eigenvalue weighted by Gasteiger charge is -2.14. The third-order valence-electron chi connectivity index (χ3n) is 4.25. The SMILES string of the molecule is C=CCNCc1nnc2n1-c1ccc(Br)cc1C(c1ccccc1)=NC2. The molecule has 3 aromatic rings. The lowest BCUT2D eigenvalue weighted by Crippen LogP contribution is -2.17. The Morgan fingerprint density at radius 3 is 2.81 bits per heavy atom. The first-order valence-electron chi connectivity index (χ1n) is 8.43. The van der Waals surface area contributed by atoms with Crippen LogP contribution >= 0.6 is 15.9 Å². The van der Waals surface area contributed by atoms with Gasteiger partial charge in [0.05, 0.1) is 17.9 Å². The molecule has 0 atom stereocenters. The van der Waals surface area contributed by atoms with E-state index in [2.05, 4.69) is 66.9 Å². The lowest BCUT2D eigenvalue weighted by atomic mass is 10.0. The van der Waals surface area contributed by atoms with Crippen LogP contribution in [0.2, 0.25) is 0 Å². The number of hydrogen-bond donors (Lipinski definition) is 1. The van der Waals surface area contributed by atoms with Crippen molar-refractivity contribution in [3.8, 4) is 5.69 Å². The summed E-state index contributed by atoms with van der Waals surface area (Å²) in [5, 5.41) is 12.0. The van der Waals surface area contributed by atoms with Gasteiger partial charge in [0.15, 0.2) is 11.6 Å². The van der Waals surface area contributed by atoms with Gasteiger partial charge in [0.25, 0.3) is 0 Å². The van der Waals surface area contributed by atoms with Crippen LogP contribution in [0, 0.1) is 0 Å². The van der Waals surface area contributed by atoms with E-state index in [0.717, 1.165) is 45.2 Å². The molecular weight excluding hydrogens is 390 g/mol. The van der Waals surface area contributed by atoms with Gasteiger partial charge in [-0.15, -0.1) is 16.8 Å². The van der Waals surface area contributed by atoms with Gasteiger partial charge in [-0.1, -0.05) is 52.3 Å². The van der Waals surface area contributed by atoms with Crippen LogP contribution in [0.25, 0.3) is 5.69 Å². The lowest BCUT2D eigenvalue weighted by molar-refractivity contribution is 0.696. The summed E-state index contributed by atoms with van der Waals surface area (Å²) in [5.41, 5.74) is 4.17. The molecule has 26 heavy (non-hydrogen) atoms. The molecule has 0 radical (unpaired) electrons. The quantitative estimate of drug-likeness (QED) is 0.518. The topological polar surface area (TPSA) is 55.1 Å². The number of nitrogens with zero attached hydrogens (tertiary/aromatic N) is 4. The van der Waals surface area contributed by atoms with Crippen molar-refractivity contribution in [3.63, 3.8) is 0 Å². The normalized spacial score (nSPS) is 12.7. The van der Waals surface area contributed by atoms with Crippen LogP contribution < -0.4 is 5.32 Å². The molecule has 2 aromatic carbocycles. The Balaban J connectivity index is 1.85. The van der Waals surface area contributed by atoms with Gasteiger partial charge < -0.3 is 5.32 Å². The maximum Gasteiger partial charge on any atom is 0.159 e. The van der Waals surface area contributed by atoms with Crippen molar-refractivity contribution in [2.75, 3.05) is 6.54 Å². The fourth-order valence-electron chi connectivity index (χ4n) is 3.11. The summed E-state index contributed by atoms with van der Waals surface area (Å²) in [6.45, 7) is 5.58. The molecule has 4 rings (SSSR count). The van der Waals surface area contributed by atoms with E-state index >= 15 is 0 Å². The Hall–Kier alpha value is -2.57. The van der Waals surface area contributed by atoms with Crippen LogP contribution in [0.15, 0.2) is 70.7 Å². The first-order valence-corrected chi connectivity index (χ1v) is 9.22. The van der Waals surface area contributed by atoms with E-state index in [0.29, 0.717) is 13.1 Å². The molecule has 0 fully saturated rings. The first-order chi connectivity index (χ1) is 12.8. The van der Waals surface area contributed by atoms with Crippen LogP contribution in [-0.4, -0.2) is 27.0 Å². The molecule has 0 spiro atoms. The average molecular weight is 408 g/mol. The molecule has 0 unspecified atom stereocenters. The second-order valence-corrected chi connectivity index (χ2v) is 6.90. The number of halogens is 1. The van der Waals surface area contributed by atoms with Gasteiger partial charge >= 0.3 is 0 Å². The maximum atomic E-state index is 4.86. The zero-order valence-electron chi connectivity index (χ0n) is 14.2. The smallest absolute Gasteiger partial charge is 0.159 e. The van der Waals surface area contributed by atoms with E-state index in [1.54, 1.807) is 0 Å². The average Bonchev–Trinajstić information content (AvgIpc) is 2.98. The molecule has 6 heteroatoms. The van der Waals surface area contributed by atoms with Gasteiger partial charge in [-0.3, -0.25) is 9.56 Å². The van der Waals surface area contributed by atoms with Crippen molar-refractivity contribution in [1.29, 1.82) is 0 Å². The molecule has 1 aromatic heterocycles. The maximum absolute atomic E-state index is 4.86. The minimum absolute atomic E-state index is 0.491. The fourth-order valence-corrected chi connectivity index (χ4v) is 3.47. The molecule has 0 saturated carbocycles. The van der Waals surface area contributed by atoms with Crippen LogP contribution in [0.1, 0.15) is 22.8 Å². The summed E-state index contributed by atoms with van der Waals surface area (Å²) < 4.78 is 3.12. The largest absolute Gasteiger partial charge is 0.306 e. The highest BCUT2D eigenvalue weighted by Gasteiger charge is 2.22. The predicted octanol–water partition coefficient (Wildman–Crippen LogP) is 3.66. The zero-order valence-corrected chi connectivity index (χ0v) is 15.8. The summed E-state index contributed by atoms with van der Waals surface area (Å²) in [6, 6.07) is 16.5. The monoisotopic (exact) mass is 407 g/mol. The fraction of sp³-hybridized carbons (Fsp3) is 0.150. The molecule has 0 bridgehead atoms. The van der Waals surface area contributed by atoms with Gasteiger partial charge in [0, 0.05) is 22.1 Å². The van der Waals surface area contributed by atoms with E-state index in [9.17, 15) is 0 Å². The molecular formula is C20H18BrN5. The molecule has 2 heterocycles. The van der Waals surface area contributed by atoms with Gasteiger partial charge in [0.2, 0.25) is 0 Å². The molecule has 1 aliphatic rings. The summed E-state index contributed by atoms with van der Waals surface area (Å²) >= 11 is 3.60. The summed E-state index contributed by atoms with van der Waals surface area (Å²) in [5.74, 6) is 1.71. The second-order valence-electron chi connectivity index (χ2n) is 5.98. The molecule has 130 valence electrons. The van der Waals surface area contributed by atoms with Crippen molar-refractivity contribution < 1.29 is 0 Å². The third-order valence-corrected chi connectivity index (χ3v) is 4.74. The number of rotatable bonds is 5. The number of nitrogens with one attached hydrogen (secondary N) is 1. The summed E-state index contributed by atoms with van der Waals surface area (Å²) in [6.07, 6.45) is 1.83. The number of benzene rings is 2. The first kappa shape index (κ1) is 16.9. The highest BCUT2D eigenvalue weighted by atomic mass is 79.9. The van der Waals surface area contributed by atoms with Gasteiger partial charge in [-0.2, -0.15) is 0 Å². The van der Waals surface area contributed by atoms with Crippen molar-refractivity contribution >= 4 is 21.6 Å². The van der Waals surface area contributed by atoms with Gasteiger partial charge in [-0.05, 0) is 18.2 Å². The molecule has 1 N–H and O–H groups in total. The Bertz CT molecular complexity index is 975. The number of fused-ring (bicyclic) bond motifs is 3. The van der Waals surface area contributed by atoms with Crippen molar-refractivity contribution in [1.82, 2.24) is 20.1 Å². The Kier molecular flexibility index (Phi) is 4.77. The minimum Gasteiger partial charge on any atom is -0.306 e. The molecule has 0 saturated heterocycles. The number of hydrogen-bond acceptors (Lipinski definition) is 4. The van der Waals surface area contributed by atoms with Crippen LogP contribution in [0.4, 0.5) is 0 Å². The molecule has 5 nitrogen and oxygen atoms in total. The summed E-state index contributed by atoms with van der Waals surface area (Å²) in [4.78, 5) is 4.86. The third kappa shape index (κ3) is 3.13. The van der Waals surface area contributed by atoms with Gasteiger partial charge in [-0.25, -0.2) is 0 Å². The van der Waals surface area contributed by atoms with E-state index in [1.807, 2.05) is 30.3 Å². The van der Waals surface area contributed by atoms with Crippen LogP contribution in [0.3, 0.4) is 0 Å². The number of aromatic nitrogens is 3. The second kappa shape index (κ2) is 7.35. The number of aliphatic imine (C=N–C) groups is 1. The Morgan fingerprint density at radius 1 is 1.15 bits per heavy atom. The highest BCUT2D eigenvalue weighted by Crippen LogP contribution is 2.28. The van der Waals surface area contributed by atoms with E-state index in [4.69, 9.17) is 4.99 Å². The standard InChI is InChI=1S/C20H18BrN5/c1-2-10-22-12-18-24-25-19-13-23-20(14-6-4-3-5-7-14)16-11-15(21)8-9-17(16)26(18)19/h2-9,11,22H,1,10,12-13H2. The van der Waals surface area contributed by atoms with E-state index in [-0.39, 0.29) is 0 Å². The molecule has 0 aliphatic carbocycles. The van der Waals surface area contributed by atoms with E-state index < -0.39 is 0 Å². The zero-order chi connectivity index (χ0) is 17.9. The van der Waals surface area contributed by atoms with Crippen molar-refractivity contribution in [3.05, 3.63) is 88.4 Å². The summed E-state index contributed by atoms with van der Waals surface area (Å²) in [7, 11) is 0. The highest BCUT2D eigenvalue weighted by molar-refractivity contribution is 9.10. The Morgan fingerprint density at radius 2 is 2.00 bits per heavy atom. The Labute approximate surface area is 160 Å². The van der Waals surface area contributed by atoms with E-state index in [1.165, 1.54) is 0 Å². The van der Waals surface area contributed by atoms with Crippen LogP contribution in [0.5, 0.6) is 0 Å². The van der Waals surface area contributed by atoms with Gasteiger partial charge in [0.1, 0.15) is 6.54 Å². The minimum atomic E-state index is 0.491. The van der Waals surface area contributed by atoms with Crippen LogP contribution in [-0.2, 0) is 13.1 Å². The molecule has 0 amide bonds.